The van der Waals surface area contributed by atoms with E-state index in [2.05, 4.69) is 24.9 Å². The molecule has 2 aromatic carbocycles. The average Bonchev–Trinajstić information content (AvgIpc) is 3.20. The molecule has 0 unspecified atom stereocenters. The Morgan fingerprint density at radius 3 is 2.41 bits per heavy atom. The van der Waals surface area contributed by atoms with E-state index in [9.17, 15) is 5.21 Å². The fourth-order valence-electron chi connectivity index (χ4n) is 3.90. The fourth-order valence-corrected chi connectivity index (χ4v) is 3.90. The number of hydrogen-bond donors (Lipinski definition) is 0. The molecule has 1 fully saturated rings. The monoisotopic (exact) mass is 431 g/mol. The van der Waals surface area contributed by atoms with Gasteiger partial charge in [0.2, 0.25) is 17.0 Å². The van der Waals surface area contributed by atoms with E-state index in [1.165, 1.54) is 4.80 Å². The molecule has 4 aromatic rings. The molecule has 0 amide bonds. The highest BCUT2D eigenvalue weighted by molar-refractivity contribution is 5.70. The van der Waals surface area contributed by atoms with E-state index in [0.717, 1.165) is 55.7 Å². The van der Waals surface area contributed by atoms with Gasteiger partial charge in [-0.05, 0) is 53.7 Å². The number of aromatic nitrogens is 5. The van der Waals surface area contributed by atoms with Crippen LogP contribution in [0, 0.1) is 5.21 Å². The van der Waals surface area contributed by atoms with Crippen LogP contribution in [0.4, 0.5) is 5.95 Å². The first-order valence-corrected chi connectivity index (χ1v) is 10.8. The third-order valence-corrected chi connectivity index (χ3v) is 5.62. The number of nitrogens with zero attached hydrogens (tertiary/aromatic N) is 7. The van der Waals surface area contributed by atoms with Gasteiger partial charge in [0.05, 0.1) is 11.7 Å². The molecule has 0 bridgehead atoms. The van der Waals surface area contributed by atoms with Crippen LogP contribution in [0.25, 0.3) is 16.7 Å². The van der Waals surface area contributed by atoms with Crippen molar-refractivity contribution in [2.24, 2.45) is 0 Å². The van der Waals surface area contributed by atoms with Gasteiger partial charge in [0, 0.05) is 45.1 Å². The summed E-state index contributed by atoms with van der Waals surface area (Å²) in [6, 6.07) is 16.6. The first-order chi connectivity index (χ1) is 15.8. The van der Waals surface area contributed by atoms with Gasteiger partial charge in [-0.25, -0.2) is 9.97 Å². The van der Waals surface area contributed by atoms with E-state index in [1.807, 2.05) is 48.5 Å². The van der Waals surface area contributed by atoms with Crippen molar-refractivity contribution in [3.63, 3.8) is 0 Å². The quantitative estimate of drug-likeness (QED) is 0.251. The highest BCUT2D eigenvalue weighted by atomic mass is 16.5. The summed E-state index contributed by atoms with van der Waals surface area (Å²) in [4.78, 5) is 15.5. The molecule has 164 valence electrons. The predicted molar refractivity (Wildman–Crippen MR) is 121 cm³/mol. The van der Waals surface area contributed by atoms with Crippen LogP contribution in [0.2, 0.25) is 0 Å². The summed E-state index contributed by atoms with van der Waals surface area (Å²) < 4.78 is 5.90. The Hall–Kier alpha value is -3.72. The van der Waals surface area contributed by atoms with Gasteiger partial charge in [-0.15, -0.1) is 4.85 Å². The number of piperazine rings is 1. The second-order valence-corrected chi connectivity index (χ2v) is 7.72. The van der Waals surface area contributed by atoms with Crippen molar-refractivity contribution in [3.8, 4) is 11.4 Å². The number of ether oxygens (including phenoxy) is 1. The molecule has 0 saturated carbocycles. The van der Waals surface area contributed by atoms with Gasteiger partial charge in [0.1, 0.15) is 11.4 Å². The molecule has 0 aliphatic carbocycles. The van der Waals surface area contributed by atoms with Crippen LogP contribution < -0.4 is 14.5 Å². The van der Waals surface area contributed by atoms with E-state index in [4.69, 9.17) is 4.74 Å². The number of hydrogen-bond acceptors (Lipinski definition) is 7. The molecule has 0 N–H and O–H groups in total. The van der Waals surface area contributed by atoms with E-state index >= 15 is 0 Å². The molecule has 0 radical (unpaired) electrons. The van der Waals surface area contributed by atoms with E-state index in [0.29, 0.717) is 23.3 Å². The lowest BCUT2D eigenvalue weighted by atomic mass is 10.3. The van der Waals surface area contributed by atoms with Crippen molar-refractivity contribution in [3.05, 3.63) is 72.2 Å². The summed E-state index contributed by atoms with van der Waals surface area (Å²) in [7, 11) is 0. The number of anilines is 1. The number of benzene rings is 2. The van der Waals surface area contributed by atoms with Crippen molar-refractivity contribution in [1.82, 2.24) is 24.8 Å². The zero-order valence-corrected chi connectivity index (χ0v) is 17.7. The van der Waals surface area contributed by atoms with Crippen molar-refractivity contribution in [1.29, 1.82) is 0 Å². The Bertz CT molecular complexity index is 1160. The van der Waals surface area contributed by atoms with Crippen molar-refractivity contribution < 1.29 is 9.58 Å². The average molecular weight is 432 g/mol. The zero-order valence-electron chi connectivity index (χ0n) is 17.7. The van der Waals surface area contributed by atoms with E-state index in [-0.39, 0.29) is 0 Å². The molecule has 9 nitrogen and oxygen atoms in total. The summed E-state index contributed by atoms with van der Waals surface area (Å²) in [5.74, 6) is 1.60. The third-order valence-electron chi connectivity index (χ3n) is 5.62. The molecule has 9 heteroatoms. The Kier molecular flexibility index (Phi) is 5.80. The third kappa shape index (κ3) is 4.33. The fraction of sp³-hybridized carbons (Fsp3) is 0.304. The van der Waals surface area contributed by atoms with Crippen LogP contribution in [0.3, 0.4) is 0 Å². The first-order valence-electron chi connectivity index (χ1n) is 10.8. The maximum absolute atomic E-state index is 12.4. The molecule has 0 atom stereocenters. The van der Waals surface area contributed by atoms with Gasteiger partial charge in [-0.2, -0.15) is 0 Å². The van der Waals surface area contributed by atoms with Crippen molar-refractivity contribution in [2.45, 2.75) is 6.42 Å². The molecular formula is C23H25N7O2. The largest absolute Gasteiger partial charge is 0.692 e. The SMILES string of the molecule is [O-][n+]1c2ccccc2nn1-c1ccc(OCCCN2CCN(c3ncccn3)CC2)cc1. The van der Waals surface area contributed by atoms with Crippen LogP contribution >= 0.6 is 0 Å². The predicted octanol–water partition coefficient (Wildman–Crippen LogP) is 2.04. The summed E-state index contributed by atoms with van der Waals surface area (Å²) >= 11 is 0. The summed E-state index contributed by atoms with van der Waals surface area (Å²) in [5, 5.41) is 16.8. The lowest BCUT2D eigenvalue weighted by Crippen LogP contribution is -2.47. The topological polar surface area (TPSA) is 86.2 Å². The number of fused-ring (bicyclic) bond motifs is 1. The standard InChI is InChI=1S/C23H25N7O2/c31-30-22-6-2-1-5-21(22)26-29(30)19-7-9-20(10-8-19)32-18-4-13-27-14-16-28(17-15-27)23-24-11-3-12-25-23/h1-3,5-12H,4,13-18H2. The molecule has 5 rings (SSSR count). The van der Waals surface area contributed by atoms with E-state index in [1.54, 1.807) is 18.5 Å². The minimum atomic E-state index is 0.546. The molecule has 2 aromatic heterocycles. The molecule has 3 heterocycles. The lowest BCUT2D eigenvalue weighted by molar-refractivity contribution is -0.664. The Morgan fingerprint density at radius 2 is 1.66 bits per heavy atom. The summed E-state index contributed by atoms with van der Waals surface area (Å²) in [6.07, 6.45) is 4.52. The Balaban J connectivity index is 1.08. The van der Waals surface area contributed by atoms with E-state index < -0.39 is 0 Å². The van der Waals surface area contributed by atoms with Gasteiger partial charge < -0.3 is 14.8 Å². The van der Waals surface area contributed by atoms with Gasteiger partial charge in [0.25, 0.3) is 0 Å². The normalized spacial score (nSPS) is 14.7. The maximum atomic E-state index is 12.4. The molecule has 32 heavy (non-hydrogen) atoms. The van der Waals surface area contributed by atoms with Crippen LogP contribution in [-0.4, -0.2) is 64.1 Å². The Labute approximate surface area is 186 Å². The number of rotatable bonds is 7. The summed E-state index contributed by atoms with van der Waals surface area (Å²) in [6.45, 7) is 5.52. The molecule has 0 spiro atoms. The second-order valence-electron chi connectivity index (χ2n) is 7.72. The second kappa shape index (κ2) is 9.19. The van der Waals surface area contributed by atoms with Crippen LogP contribution in [0.5, 0.6) is 5.75 Å². The summed E-state index contributed by atoms with van der Waals surface area (Å²) in [5.41, 5.74) is 1.91. The molecule has 1 aliphatic heterocycles. The maximum Gasteiger partial charge on any atom is 0.250 e. The molecule has 1 saturated heterocycles. The lowest BCUT2D eigenvalue weighted by Gasteiger charge is -2.34. The Morgan fingerprint density at radius 1 is 0.906 bits per heavy atom. The molecular weight excluding hydrogens is 406 g/mol. The minimum absolute atomic E-state index is 0.546. The first kappa shape index (κ1) is 20.2. The highest BCUT2D eigenvalue weighted by Gasteiger charge is 2.18. The molecule has 1 aliphatic rings. The number of para-hydroxylation sites is 1. The zero-order chi connectivity index (χ0) is 21.8. The van der Waals surface area contributed by atoms with Crippen LogP contribution in [0.1, 0.15) is 6.42 Å². The van der Waals surface area contributed by atoms with Gasteiger partial charge in [-0.3, -0.25) is 4.90 Å². The van der Waals surface area contributed by atoms with Crippen LogP contribution in [0.15, 0.2) is 67.0 Å². The van der Waals surface area contributed by atoms with Gasteiger partial charge in [0.15, 0.2) is 0 Å². The van der Waals surface area contributed by atoms with Gasteiger partial charge >= 0.3 is 0 Å². The van der Waals surface area contributed by atoms with Crippen molar-refractivity contribution >= 4 is 17.0 Å². The highest BCUT2D eigenvalue weighted by Crippen LogP contribution is 2.16. The smallest absolute Gasteiger partial charge is 0.250 e. The van der Waals surface area contributed by atoms with Crippen LogP contribution in [-0.2, 0) is 0 Å². The van der Waals surface area contributed by atoms with Crippen molar-refractivity contribution in [2.75, 3.05) is 44.2 Å². The minimum Gasteiger partial charge on any atom is -0.692 e. The van der Waals surface area contributed by atoms with Gasteiger partial charge in [-0.1, -0.05) is 12.1 Å².